The monoisotopic (exact) mass is 295 g/mol. The maximum Gasteiger partial charge on any atom is 0.243 e. The first kappa shape index (κ1) is 13.8. The third kappa shape index (κ3) is 2.42. The maximum absolute atomic E-state index is 12.7. The first-order valence-corrected chi connectivity index (χ1v) is 8.75. The van der Waals surface area contributed by atoms with E-state index in [1.54, 1.807) is 22.6 Å². The smallest absolute Gasteiger partial charge is 0.243 e. The summed E-state index contributed by atoms with van der Waals surface area (Å²) in [7, 11) is -3.37. The van der Waals surface area contributed by atoms with Crippen molar-refractivity contribution in [3.63, 3.8) is 0 Å². The molecule has 1 aliphatic carbocycles. The Balaban J connectivity index is 1.83. The number of aromatic nitrogens is 1. The van der Waals surface area contributed by atoms with Crippen molar-refractivity contribution in [2.75, 3.05) is 25.0 Å². The lowest BCUT2D eigenvalue weighted by atomic mass is 10.0. The van der Waals surface area contributed by atoms with Crippen molar-refractivity contribution in [2.24, 2.45) is 11.8 Å². The van der Waals surface area contributed by atoms with Crippen LogP contribution in [-0.2, 0) is 10.0 Å². The van der Waals surface area contributed by atoms with Crippen molar-refractivity contribution in [3.05, 3.63) is 18.3 Å². The second kappa shape index (κ2) is 5.33. The van der Waals surface area contributed by atoms with Gasteiger partial charge in [0.25, 0.3) is 0 Å². The van der Waals surface area contributed by atoms with Gasteiger partial charge in [0.2, 0.25) is 10.0 Å². The van der Waals surface area contributed by atoms with Crippen molar-refractivity contribution in [1.29, 1.82) is 0 Å². The summed E-state index contributed by atoms with van der Waals surface area (Å²) in [5.41, 5.74) is 0. The average Bonchev–Trinajstić information content (AvgIpc) is 3.00. The summed E-state index contributed by atoms with van der Waals surface area (Å²) in [6, 6.07) is 3.22. The normalized spacial score (nSPS) is 26.6. The first-order valence-electron chi connectivity index (χ1n) is 7.31. The highest BCUT2D eigenvalue weighted by Gasteiger charge is 2.41. The molecule has 2 fully saturated rings. The fourth-order valence-electron chi connectivity index (χ4n) is 3.39. The molecule has 0 aromatic carbocycles. The van der Waals surface area contributed by atoms with E-state index in [0.29, 0.717) is 35.6 Å². The number of hydrogen-bond donors (Lipinski definition) is 1. The lowest BCUT2D eigenvalue weighted by Crippen LogP contribution is -2.29. The van der Waals surface area contributed by atoms with Gasteiger partial charge in [0.1, 0.15) is 5.82 Å². The zero-order chi connectivity index (χ0) is 14.2. The summed E-state index contributed by atoms with van der Waals surface area (Å²) in [4.78, 5) is 4.48. The van der Waals surface area contributed by atoms with Crippen LogP contribution in [0.2, 0.25) is 0 Å². The van der Waals surface area contributed by atoms with Crippen molar-refractivity contribution >= 4 is 15.8 Å². The van der Waals surface area contributed by atoms with E-state index in [-0.39, 0.29) is 0 Å². The van der Waals surface area contributed by atoms with E-state index in [1.807, 2.05) is 6.92 Å². The van der Waals surface area contributed by atoms with Gasteiger partial charge in [0.05, 0.1) is 4.90 Å². The van der Waals surface area contributed by atoms with Crippen LogP contribution in [0.25, 0.3) is 0 Å². The molecule has 0 spiro atoms. The van der Waals surface area contributed by atoms with Gasteiger partial charge < -0.3 is 5.32 Å². The molecular weight excluding hydrogens is 274 g/mol. The van der Waals surface area contributed by atoms with E-state index in [9.17, 15) is 8.42 Å². The van der Waals surface area contributed by atoms with Crippen LogP contribution in [0.4, 0.5) is 5.82 Å². The Morgan fingerprint density at radius 2 is 2.05 bits per heavy atom. The van der Waals surface area contributed by atoms with E-state index < -0.39 is 10.0 Å². The molecule has 2 atom stereocenters. The third-order valence-electron chi connectivity index (χ3n) is 4.42. The van der Waals surface area contributed by atoms with Crippen LogP contribution in [0.15, 0.2) is 23.2 Å². The topological polar surface area (TPSA) is 62.3 Å². The van der Waals surface area contributed by atoms with Crippen molar-refractivity contribution in [3.8, 4) is 0 Å². The minimum Gasteiger partial charge on any atom is -0.370 e. The summed E-state index contributed by atoms with van der Waals surface area (Å²) < 4.78 is 27.0. The zero-order valence-electron chi connectivity index (χ0n) is 11.7. The molecule has 1 aromatic rings. The molecule has 2 heterocycles. The van der Waals surface area contributed by atoms with Crippen LogP contribution in [-0.4, -0.2) is 37.3 Å². The number of anilines is 1. The average molecular weight is 295 g/mol. The number of nitrogens with zero attached hydrogens (tertiary/aromatic N) is 2. The number of rotatable bonds is 4. The number of hydrogen-bond acceptors (Lipinski definition) is 4. The molecule has 1 saturated heterocycles. The molecule has 3 rings (SSSR count). The highest BCUT2D eigenvalue weighted by molar-refractivity contribution is 7.89. The van der Waals surface area contributed by atoms with Crippen molar-refractivity contribution in [2.45, 2.75) is 31.1 Å². The van der Waals surface area contributed by atoms with Crippen LogP contribution in [0.1, 0.15) is 26.2 Å². The lowest BCUT2D eigenvalue weighted by Gasteiger charge is -2.17. The van der Waals surface area contributed by atoms with Gasteiger partial charge in [0, 0.05) is 31.9 Å². The molecule has 2 aliphatic rings. The van der Waals surface area contributed by atoms with Crippen molar-refractivity contribution in [1.82, 2.24) is 9.29 Å². The summed E-state index contributed by atoms with van der Waals surface area (Å²) >= 11 is 0. The van der Waals surface area contributed by atoms with Crippen LogP contribution in [0.3, 0.4) is 0 Å². The molecule has 0 radical (unpaired) electrons. The van der Waals surface area contributed by atoms with Crippen LogP contribution >= 0.6 is 0 Å². The predicted octanol–water partition coefficient (Wildman–Crippen LogP) is 1.93. The van der Waals surface area contributed by atoms with Gasteiger partial charge in [-0.1, -0.05) is 6.42 Å². The Morgan fingerprint density at radius 1 is 1.35 bits per heavy atom. The second-order valence-corrected chi connectivity index (χ2v) is 7.62. The summed E-state index contributed by atoms with van der Waals surface area (Å²) in [6.45, 7) is 4.06. The molecule has 110 valence electrons. The van der Waals surface area contributed by atoms with Gasteiger partial charge in [0.15, 0.2) is 0 Å². The molecule has 20 heavy (non-hydrogen) atoms. The molecule has 6 heteroatoms. The molecule has 2 unspecified atom stereocenters. The fraction of sp³-hybridized carbons (Fsp3) is 0.643. The van der Waals surface area contributed by atoms with Gasteiger partial charge in [-0.3, -0.25) is 0 Å². The van der Waals surface area contributed by atoms with Gasteiger partial charge in [-0.05, 0) is 37.7 Å². The Morgan fingerprint density at radius 3 is 2.70 bits per heavy atom. The second-order valence-electron chi connectivity index (χ2n) is 5.68. The fourth-order valence-corrected chi connectivity index (χ4v) is 4.95. The summed E-state index contributed by atoms with van der Waals surface area (Å²) in [5.74, 6) is 1.76. The number of sulfonamides is 1. The Labute approximate surface area is 120 Å². The Hall–Kier alpha value is -1.14. The highest BCUT2D eigenvalue weighted by Crippen LogP contribution is 2.39. The van der Waals surface area contributed by atoms with Gasteiger partial charge in [-0.15, -0.1) is 0 Å². The van der Waals surface area contributed by atoms with E-state index in [4.69, 9.17) is 0 Å². The number of fused-ring (bicyclic) bond motifs is 1. The Kier molecular flexibility index (Phi) is 3.69. The van der Waals surface area contributed by atoms with Crippen molar-refractivity contribution < 1.29 is 8.42 Å². The van der Waals surface area contributed by atoms with Crippen LogP contribution in [0, 0.1) is 11.8 Å². The molecular formula is C14H21N3O2S. The van der Waals surface area contributed by atoms with Gasteiger partial charge in [-0.25, -0.2) is 13.4 Å². The van der Waals surface area contributed by atoms with E-state index in [2.05, 4.69) is 10.3 Å². The molecule has 0 amide bonds. The van der Waals surface area contributed by atoms with E-state index in [1.165, 1.54) is 19.3 Å². The molecule has 1 aliphatic heterocycles. The minimum absolute atomic E-state index is 0.350. The standard InChI is InChI=1S/C14H21N3O2S/c1-2-15-14-8-13(6-7-16-14)20(18,19)17-9-11-4-3-5-12(11)10-17/h6-8,11-12H,2-5,9-10H2,1H3,(H,15,16). The molecule has 5 nitrogen and oxygen atoms in total. The summed E-state index contributed by atoms with van der Waals surface area (Å²) in [6.07, 6.45) is 5.16. The van der Waals surface area contributed by atoms with E-state index in [0.717, 1.165) is 6.54 Å². The van der Waals surface area contributed by atoms with Gasteiger partial charge in [-0.2, -0.15) is 4.31 Å². The lowest BCUT2D eigenvalue weighted by molar-refractivity contribution is 0.445. The Bertz CT molecular complexity index is 576. The molecule has 1 saturated carbocycles. The zero-order valence-corrected chi connectivity index (χ0v) is 12.6. The third-order valence-corrected chi connectivity index (χ3v) is 6.25. The molecule has 1 N–H and O–H groups in total. The quantitative estimate of drug-likeness (QED) is 0.922. The van der Waals surface area contributed by atoms with Crippen LogP contribution < -0.4 is 5.32 Å². The summed E-state index contributed by atoms with van der Waals surface area (Å²) in [5, 5.41) is 3.06. The first-order chi connectivity index (χ1) is 9.61. The largest absolute Gasteiger partial charge is 0.370 e. The maximum atomic E-state index is 12.7. The van der Waals surface area contributed by atoms with Gasteiger partial charge >= 0.3 is 0 Å². The highest BCUT2D eigenvalue weighted by atomic mass is 32.2. The molecule has 1 aromatic heterocycles. The predicted molar refractivity (Wildman–Crippen MR) is 78.0 cm³/mol. The number of pyridine rings is 1. The van der Waals surface area contributed by atoms with E-state index >= 15 is 0 Å². The minimum atomic E-state index is -3.37. The van der Waals surface area contributed by atoms with Crippen LogP contribution in [0.5, 0.6) is 0 Å². The molecule has 0 bridgehead atoms. The SMILES string of the molecule is CCNc1cc(S(=O)(=O)N2CC3CCCC3C2)ccn1. The number of nitrogens with one attached hydrogen (secondary N) is 1.